The molecule has 0 spiro atoms. The Labute approximate surface area is 187 Å². The number of rotatable bonds is 8. The van der Waals surface area contributed by atoms with Crippen LogP contribution in [0, 0.1) is 39.9 Å². The van der Waals surface area contributed by atoms with Gasteiger partial charge in [0.1, 0.15) is 11.5 Å². The van der Waals surface area contributed by atoms with Crippen molar-refractivity contribution in [1.82, 2.24) is 0 Å². The summed E-state index contributed by atoms with van der Waals surface area (Å²) >= 11 is 0. The zero-order chi connectivity index (χ0) is 23.5. The highest BCUT2D eigenvalue weighted by molar-refractivity contribution is 5.93. The third-order valence-corrected chi connectivity index (χ3v) is 6.21. The van der Waals surface area contributed by atoms with Crippen molar-refractivity contribution in [2.75, 3.05) is 26.4 Å². The summed E-state index contributed by atoms with van der Waals surface area (Å²) in [5.41, 5.74) is -3.13. The highest BCUT2D eigenvalue weighted by Gasteiger charge is 2.75. The van der Waals surface area contributed by atoms with Crippen LogP contribution in [-0.2, 0) is 33.3 Å². The maximum atomic E-state index is 13.5. The molecule has 2 heterocycles. The molecular formula is C23H28N2O7. The molecule has 0 aromatic rings. The van der Waals surface area contributed by atoms with Crippen molar-refractivity contribution in [3.63, 3.8) is 0 Å². The van der Waals surface area contributed by atoms with Crippen molar-refractivity contribution in [2.45, 2.75) is 52.1 Å². The van der Waals surface area contributed by atoms with E-state index in [1.165, 1.54) is 12.2 Å². The molecular weight excluding hydrogens is 416 g/mol. The molecule has 6 atom stereocenters. The van der Waals surface area contributed by atoms with Gasteiger partial charge >= 0.3 is 11.9 Å². The predicted octanol–water partition coefficient (Wildman–Crippen LogP) is 2.19. The molecule has 4 aliphatic rings. The summed E-state index contributed by atoms with van der Waals surface area (Å²) in [4.78, 5) is 26.5. The predicted molar refractivity (Wildman–Crippen MR) is 109 cm³/mol. The molecule has 2 bridgehead atoms. The normalized spacial score (nSPS) is 34.9. The van der Waals surface area contributed by atoms with Crippen molar-refractivity contribution < 1.29 is 33.3 Å². The molecule has 0 N–H and O–H groups in total. The Morgan fingerprint density at radius 1 is 1.06 bits per heavy atom. The number of hydrogen-bond donors (Lipinski definition) is 0. The summed E-state index contributed by atoms with van der Waals surface area (Å²) in [5, 5.41) is 20.1. The molecule has 0 aromatic carbocycles. The first kappa shape index (κ1) is 23.9. The summed E-state index contributed by atoms with van der Waals surface area (Å²) < 4.78 is 28.6. The molecule has 5 unspecified atom stereocenters. The Morgan fingerprint density at radius 2 is 1.75 bits per heavy atom. The van der Waals surface area contributed by atoms with E-state index in [0.29, 0.717) is 6.61 Å². The lowest BCUT2D eigenvalue weighted by atomic mass is 9.49. The van der Waals surface area contributed by atoms with Crippen molar-refractivity contribution in [3.05, 3.63) is 23.3 Å². The molecule has 2 aliphatic carbocycles. The van der Waals surface area contributed by atoms with E-state index in [-0.39, 0.29) is 37.4 Å². The minimum Gasteiger partial charge on any atom is -0.465 e. The lowest BCUT2D eigenvalue weighted by Gasteiger charge is -2.60. The fourth-order valence-electron chi connectivity index (χ4n) is 5.18. The number of esters is 2. The van der Waals surface area contributed by atoms with Gasteiger partial charge in [-0.2, -0.15) is 10.5 Å². The van der Waals surface area contributed by atoms with Gasteiger partial charge in [0.2, 0.25) is 0 Å². The number of nitriles is 2. The van der Waals surface area contributed by atoms with Crippen LogP contribution >= 0.6 is 0 Å². The third-order valence-electron chi connectivity index (χ3n) is 6.21. The number of carbonyl (C=O) groups is 2. The Morgan fingerprint density at radius 3 is 2.31 bits per heavy atom. The molecule has 1 saturated heterocycles. The first-order valence-electron chi connectivity index (χ1n) is 10.9. The number of ether oxygens (including phenoxy) is 5. The van der Waals surface area contributed by atoms with E-state index in [1.54, 1.807) is 27.7 Å². The summed E-state index contributed by atoms with van der Waals surface area (Å²) in [7, 11) is 0. The SMILES string of the molecule is CCOC(=O)C1=CC2(C#N)OC(OCC)C1C1[C@@H](OCC)CC(C#N)=CC12C(=O)OCC. The number of fused-ring (bicyclic) bond motifs is 1. The molecule has 0 radical (unpaired) electrons. The zero-order valence-electron chi connectivity index (χ0n) is 18.8. The van der Waals surface area contributed by atoms with Gasteiger partial charge in [-0.3, -0.25) is 4.79 Å². The summed E-state index contributed by atoms with van der Waals surface area (Å²) in [6.45, 7) is 7.69. The molecule has 1 fully saturated rings. The van der Waals surface area contributed by atoms with Gasteiger partial charge in [-0.25, -0.2) is 4.79 Å². The number of hydrogen-bond acceptors (Lipinski definition) is 9. The fourth-order valence-corrected chi connectivity index (χ4v) is 5.18. The number of nitrogens with zero attached hydrogens (tertiary/aromatic N) is 2. The third kappa shape index (κ3) is 3.41. The Balaban J connectivity index is 2.36. The molecule has 32 heavy (non-hydrogen) atoms. The summed E-state index contributed by atoms with van der Waals surface area (Å²) in [6, 6.07) is 4.21. The Bertz CT molecular complexity index is 914. The van der Waals surface area contributed by atoms with Gasteiger partial charge in [-0.1, -0.05) is 0 Å². The molecule has 0 amide bonds. The van der Waals surface area contributed by atoms with Gasteiger partial charge in [0.25, 0.3) is 0 Å². The summed E-state index contributed by atoms with van der Waals surface area (Å²) in [5.74, 6) is -2.81. The minimum atomic E-state index is -1.95. The van der Waals surface area contributed by atoms with Crippen molar-refractivity contribution in [3.8, 4) is 12.1 Å². The number of carbonyl (C=O) groups excluding carboxylic acids is 2. The van der Waals surface area contributed by atoms with Gasteiger partial charge in [0.05, 0.1) is 25.4 Å². The maximum absolute atomic E-state index is 13.5. The second-order valence-electron chi connectivity index (χ2n) is 7.73. The minimum absolute atomic E-state index is 0.0673. The van der Waals surface area contributed by atoms with Gasteiger partial charge in [0, 0.05) is 42.6 Å². The smallest absolute Gasteiger partial charge is 0.334 e. The van der Waals surface area contributed by atoms with Crippen LogP contribution in [0.1, 0.15) is 34.1 Å². The molecule has 172 valence electrons. The van der Waals surface area contributed by atoms with Crippen LogP contribution in [0.3, 0.4) is 0 Å². The van der Waals surface area contributed by atoms with Crippen LogP contribution in [0.5, 0.6) is 0 Å². The highest BCUT2D eigenvalue weighted by Crippen LogP contribution is 2.63. The lowest BCUT2D eigenvalue weighted by molar-refractivity contribution is -0.298. The van der Waals surface area contributed by atoms with Crippen LogP contribution in [0.25, 0.3) is 0 Å². The first-order chi connectivity index (χ1) is 15.4. The molecule has 0 aromatic heterocycles. The van der Waals surface area contributed by atoms with Crippen LogP contribution in [0.4, 0.5) is 0 Å². The van der Waals surface area contributed by atoms with Gasteiger partial charge in [0.15, 0.2) is 11.9 Å². The average Bonchev–Trinajstić information content (AvgIpc) is 2.79. The van der Waals surface area contributed by atoms with E-state index >= 15 is 0 Å². The average molecular weight is 444 g/mol. The van der Waals surface area contributed by atoms with Crippen molar-refractivity contribution >= 4 is 11.9 Å². The van der Waals surface area contributed by atoms with Gasteiger partial charge in [-0.15, -0.1) is 0 Å². The second-order valence-corrected chi connectivity index (χ2v) is 7.73. The van der Waals surface area contributed by atoms with Crippen molar-refractivity contribution in [1.29, 1.82) is 10.5 Å². The topological polar surface area (TPSA) is 128 Å². The van der Waals surface area contributed by atoms with E-state index in [9.17, 15) is 20.1 Å². The van der Waals surface area contributed by atoms with Gasteiger partial charge in [-0.05, 0) is 39.8 Å². The first-order valence-corrected chi connectivity index (χ1v) is 10.9. The van der Waals surface area contributed by atoms with E-state index in [0.717, 1.165) is 0 Å². The van der Waals surface area contributed by atoms with E-state index in [1.807, 2.05) is 0 Å². The molecule has 0 saturated carbocycles. The van der Waals surface area contributed by atoms with Crippen molar-refractivity contribution in [2.24, 2.45) is 17.3 Å². The van der Waals surface area contributed by atoms with E-state index < -0.39 is 47.2 Å². The Hall–Kier alpha value is -2.72. The van der Waals surface area contributed by atoms with Gasteiger partial charge < -0.3 is 23.7 Å². The molecule has 4 rings (SSSR count). The van der Waals surface area contributed by atoms with Crippen LogP contribution in [0.15, 0.2) is 23.3 Å². The monoisotopic (exact) mass is 444 g/mol. The maximum Gasteiger partial charge on any atom is 0.334 e. The lowest BCUT2D eigenvalue weighted by Crippen LogP contribution is -2.72. The summed E-state index contributed by atoms with van der Waals surface area (Å²) in [6.07, 6.45) is 1.42. The fraction of sp³-hybridized carbons (Fsp3) is 0.652. The zero-order valence-corrected chi connectivity index (χ0v) is 18.8. The molecule has 9 heteroatoms. The Kier molecular flexibility index (Phi) is 7.04. The highest BCUT2D eigenvalue weighted by atomic mass is 16.7. The van der Waals surface area contributed by atoms with E-state index in [4.69, 9.17) is 23.7 Å². The van der Waals surface area contributed by atoms with Crippen LogP contribution in [0.2, 0.25) is 0 Å². The second kappa shape index (κ2) is 9.41. The molecule has 9 nitrogen and oxygen atoms in total. The molecule has 2 aliphatic heterocycles. The van der Waals surface area contributed by atoms with Crippen LogP contribution in [-0.4, -0.2) is 56.4 Å². The quantitative estimate of drug-likeness (QED) is 0.517. The van der Waals surface area contributed by atoms with Crippen LogP contribution < -0.4 is 0 Å². The van der Waals surface area contributed by atoms with E-state index in [2.05, 4.69) is 12.1 Å². The largest absolute Gasteiger partial charge is 0.465 e. The standard InChI is InChI=1S/C23H28N2O7/c1-5-28-16-9-14(12-24)10-23(21(27)31-8-4)18(16)17-15(19(26)29-6-2)11-22(23,13-25)32-20(17)30-7-3/h10-11,16-18,20H,5-9H2,1-4H3/t16-,17?,18?,20?,22?,23?/m0/s1.